The predicted molar refractivity (Wildman–Crippen MR) is 102 cm³/mol. The van der Waals surface area contributed by atoms with Gasteiger partial charge < -0.3 is 4.42 Å². The lowest BCUT2D eigenvalue weighted by atomic mass is 9.80. The van der Waals surface area contributed by atoms with E-state index in [1.165, 1.54) is 0 Å². The molecule has 136 valence electrons. The topological polar surface area (TPSA) is 84.1 Å². The Balaban J connectivity index is 1.53. The number of benzene rings is 1. The summed E-state index contributed by atoms with van der Waals surface area (Å²) in [5.41, 5.74) is 5.17. The second-order valence-electron chi connectivity index (χ2n) is 6.95. The Morgan fingerprint density at radius 1 is 1.26 bits per heavy atom. The van der Waals surface area contributed by atoms with Crippen LogP contribution in [0.15, 0.2) is 51.0 Å². The number of nitrogens with one attached hydrogen (secondary N) is 1. The standard InChI is InChI=1S/C20H17ClN4O2/c21-13-10-22-25-19(13)20-18-11(4-3-6-15(18)26)8-12(23-20)9-17-24-14-5-1-2-7-16(14)27-17/h1-2,5,7,10,20H,3-4,6,8-9H2,(H,22,25). The van der Waals surface area contributed by atoms with Crippen molar-refractivity contribution in [3.05, 3.63) is 58.2 Å². The van der Waals surface area contributed by atoms with Gasteiger partial charge in [-0.2, -0.15) is 5.10 Å². The summed E-state index contributed by atoms with van der Waals surface area (Å²) in [5.74, 6) is 0.798. The maximum absolute atomic E-state index is 12.6. The number of aromatic amines is 1. The second kappa shape index (κ2) is 6.46. The van der Waals surface area contributed by atoms with E-state index in [2.05, 4.69) is 15.2 Å². The molecule has 1 N–H and O–H groups in total. The van der Waals surface area contributed by atoms with Crippen LogP contribution >= 0.6 is 11.6 Å². The van der Waals surface area contributed by atoms with Gasteiger partial charge in [-0.25, -0.2) is 4.98 Å². The van der Waals surface area contributed by atoms with Crippen molar-refractivity contribution < 1.29 is 9.21 Å². The summed E-state index contributed by atoms with van der Waals surface area (Å²) < 4.78 is 5.86. The fourth-order valence-corrected chi connectivity index (χ4v) is 4.15. The number of para-hydroxylation sites is 2. The minimum Gasteiger partial charge on any atom is -0.440 e. The largest absolute Gasteiger partial charge is 0.440 e. The Hall–Kier alpha value is -2.73. The van der Waals surface area contributed by atoms with E-state index in [0.717, 1.165) is 40.8 Å². The first-order chi connectivity index (χ1) is 13.2. The molecule has 0 bridgehead atoms. The third kappa shape index (κ3) is 2.90. The van der Waals surface area contributed by atoms with Crippen LogP contribution in [-0.4, -0.2) is 26.7 Å². The lowest BCUT2D eigenvalue weighted by molar-refractivity contribution is -0.116. The highest BCUT2D eigenvalue weighted by Crippen LogP contribution is 2.41. The number of carbonyl (C=O) groups excluding carboxylic acids is 1. The summed E-state index contributed by atoms with van der Waals surface area (Å²) in [6.45, 7) is 0. The number of rotatable bonds is 3. The SMILES string of the molecule is O=C1CCCC2=C1C(c1[nH]ncc1Cl)N=C(Cc1nc3ccccc3o1)C2. The summed E-state index contributed by atoms with van der Waals surface area (Å²) in [4.78, 5) is 22.0. The summed E-state index contributed by atoms with van der Waals surface area (Å²) in [6, 6.07) is 7.28. The number of allylic oxidation sites excluding steroid dienone is 1. The number of hydrogen-bond acceptors (Lipinski definition) is 5. The van der Waals surface area contributed by atoms with Crippen LogP contribution in [0.5, 0.6) is 0 Å². The molecule has 0 saturated heterocycles. The van der Waals surface area contributed by atoms with Gasteiger partial charge in [-0.15, -0.1) is 0 Å². The molecular formula is C20H17ClN4O2. The Morgan fingerprint density at radius 3 is 2.96 bits per heavy atom. The van der Waals surface area contributed by atoms with Crippen LogP contribution in [0.4, 0.5) is 0 Å². The molecule has 1 atom stereocenters. The monoisotopic (exact) mass is 380 g/mol. The Labute approximate surface area is 160 Å². The third-order valence-electron chi connectivity index (χ3n) is 5.15. The molecule has 6 nitrogen and oxygen atoms in total. The zero-order valence-corrected chi connectivity index (χ0v) is 15.3. The third-order valence-corrected chi connectivity index (χ3v) is 5.45. The van der Waals surface area contributed by atoms with Gasteiger partial charge in [-0.3, -0.25) is 14.9 Å². The molecule has 2 aromatic heterocycles. The number of aliphatic imine (C=N–C) groups is 1. The zero-order chi connectivity index (χ0) is 18.4. The summed E-state index contributed by atoms with van der Waals surface area (Å²) >= 11 is 6.29. The molecule has 7 heteroatoms. The van der Waals surface area contributed by atoms with E-state index >= 15 is 0 Å². The lowest BCUT2D eigenvalue weighted by Crippen LogP contribution is -2.24. The minimum atomic E-state index is -0.420. The van der Waals surface area contributed by atoms with Crippen LogP contribution in [0.25, 0.3) is 11.1 Å². The average molecular weight is 381 g/mol. The maximum Gasteiger partial charge on any atom is 0.201 e. The fraction of sp³-hybridized carbons (Fsp3) is 0.300. The Bertz CT molecular complexity index is 1080. The first-order valence-electron chi connectivity index (χ1n) is 9.03. The number of hydrogen-bond donors (Lipinski definition) is 1. The van der Waals surface area contributed by atoms with Gasteiger partial charge in [0.15, 0.2) is 11.4 Å². The number of nitrogens with zero attached hydrogens (tertiary/aromatic N) is 3. The van der Waals surface area contributed by atoms with E-state index in [-0.39, 0.29) is 5.78 Å². The van der Waals surface area contributed by atoms with Crippen molar-refractivity contribution in [1.29, 1.82) is 0 Å². The van der Waals surface area contributed by atoms with Gasteiger partial charge in [0.05, 0.1) is 23.3 Å². The van der Waals surface area contributed by atoms with Gasteiger partial charge in [0.2, 0.25) is 5.89 Å². The Morgan fingerprint density at radius 2 is 2.15 bits per heavy atom. The molecule has 27 heavy (non-hydrogen) atoms. The highest BCUT2D eigenvalue weighted by Gasteiger charge is 2.34. The quantitative estimate of drug-likeness (QED) is 0.730. The van der Waals surface area contributed by atoms with Crippen LogP contribution in [0, 0.1) is 0 Å². The smallest absolute Gasteiger partial charge is 0.201 e. The maximum atomic E-state index is 12.6. The van der Waals surface area contributed by atoms with Gasteiger partial charge in [0.1, 0.15) is 11.6 Å². The van der Waals surface area contributed by atoms with Crippen molar-refractivity contribution in [2.75, 3.05) is 0 Å². The molecule has 0 radical (unpaired) electrons. The average Bonchev–Trinajstić information content (AvgIpc) is 3.26. The van der Waals surface area contributed by atoms with Gasteiger partial charge >= 0.3 is 0 Å². The number of Topliss-reactive ketones (excluding diaryl/α,β-unsaturated/α-hetero) is 1. The molecule has 5 rings (SSSR count). The van der Waals surface area contributed by atoms with Crippen LogP contribution in [-0.2, 0) is 11.2 Å². The Kier molecular flexibility index (Phi) is 3.93. The van der Waals surface area contributed by atoms with Crippen LogP contribution in [0.1, 0.15) is 43.3 Å². The molecule has 0 fully saturated rings. The number of aromatic nitrogens is 3. The van der Waals surface area contributed by atoms with Crippen LogP contribution < -0.4 is 0 Å². The molecule has 0 saturated carbocycles. The van der Waals surface area contributed by atoms with E-state index in [1.807, 2.05) is 24.3 Å². The van der Waals surface area contributed by atoms with Gasteiger partial charge in [-0.1, -0.05) is 29.3 Å². The first-order valence-corrected chi connectivity index (χ1v) is 9.40. The van der Waals surface area contributed by atoms with Crippen molar-refractivity contribution in [2.45, 2.75) is 38.1 Å². The van der Waals surface area contributed by atoms with Crippen molar-refractivity contribution in [3.8, 4) is 0 Å². The van der Waals surface area contributed by atoms with E-state index in [1.54, 1.807) is 6.20 Å². The highest BCUT2D eigenvalue weighted by atomic mass is 35.5. The van der Waals surface area contributed by atoms with Crippen LogP contribution in [0.2, 0.25) is 5.02 Å². The van der Waals surface area contributed by atoms with Crippen LogP contribution in [0.3, 0.4) is 0 Å². The van der Waals surface area contributed by atoms with Gasteiger partial charge in [-0.05, 0) is 25.0 Å². The van der Waals surface area contributed by atoms with E-state index < -0.39 is 6.04 Å². The van der Waals surface area contributed by atoms with E-state index in [9.17, 15) is 4.79 Å². The molecule has 1 aromatic carbocycles. The van der Waals surface area contributed by atoms with Crippen molar-refractivity contribution in [2.24, 2.45) is 4.99 Å². The molecule has 1 aliphatic heterocycles. The molecule has 0 spiro atoms. The minimum absolute atomic E-state index is 0.163. The number of fused-ring (bicyclic) bond motifs is 1. The van der Waals surface area contributed by atoms with Crippen molar-refractivity contribution >= 4 is 34.2 Å². The lowest BCUT2D eigenvalue weighted by Gasteiger charge is -2.29. The molecule has 3 heterocycles. The van der Waals surface area contributed by atoms with Gasteiger partial charge in [0.25, 0.3) is 0 Å². The first kappa shape index (κ1) is 16.4. The molecular weight excluding hydrogens is 364 g/mol. The summed E-state index contributed by atoms with van der Waals surface area (Å²) in [6.07, 6.45) is 5.11. The highest BCUT2D eigenvalue weighted by molar-refractivity contribution is 6.31. The molecule has 2 aliphatic rings. The summed E-state index contributed by atoms with van der Waals surface area (Å²) in [5, 5.41) is 7.42. The van der Waals surface area contributed by atoms with E-state index in [4.69, 9.17) is 21.0 Å². The number of halogens is 1. The number of dihydropyridines is 1. The normalized spacial score (nSPS) is 20.1. The molecule has 1 aliphatic carbocycles. The molecule has 0 amide bonds. The van der Waals surface area contributed by atoms with Crippen molar-refractivity contribution in [3.63, 3.8) is 0 Å². The number of ketones is 1. The number of oxazole rings is 1. The van der Waals surface area contributed by atoms with Gasteiger partial charge in [0, 0.05) is 24.1 Å². The number of H-pyrrole nitrogens is 1. The fourth-order valence-electron chi connectivity index (χ4n) is 3.96. The van der Waals surface area contributed by atoms with E-state index in [0.29, 0.717) is 35.9 Å². The predicted octanol–water partition coefficient (Wildman–Crippen LogP) is 4.38. The molecule has 1 unspecified atom stereocenters. The van der Waals surface area contributed by atoms with Crippen molar-refractivity contribution in [1.82, 2.24) is 15.2 Å². The number of carbonyl (C=O) groups is 1. The summed E-state index contributed by atoms with van der Waals surface area (Å²) in [7, 11) is 0. The molecule has 3 aromatic rings. The zero-order valence-electron chi connectivity index (χ0n) is 14.5. The second-order valence-corrected chi connectivity index (χ2v) is 7.36.